The van der Waals surface area contributed by atoms with Gasteiger partial charge in [-0.1, -0.05) is 24.3 Å². The van der Waals surface area contributed by atoms with Gasteiger partial charge in [0, 0.05) is 0 Å². The van der Waals surface area contributed by atoms with Gasteiger partial charge in [0.25, 0.3) is 5.91 Å². The minimum Gasteiger partial charge on any atom is -0.486 e. The first-order valence-corrected chi connectivity index (χ1v) is 10.3. The lowest BCUT2D eigenvalue weighted by atomic mass is 10.2. The predicted molar refractivity (Wildman–Crippen MR) is 118 cm³/mol. The Morgan fingerprint density at radius 3 is 2.49 bits per heavy atom. The first-order valence-electron chi connectivity index (χ1n) is 10.3. The van der Waals surface area contributed by atoms with E-state index in [1.54, 1.807) is 18.2 Å². The minimum atomic E-state index is -4.51. The van der Waals surface area contributed by atoms with Crippen molar-refractivity contribution in [1.82, 2.24) is 20.6 Å². The monoisotopic (exact) mass is 484 g/mol. The number of rotatable bonds is 6. The van der Waals surface area contributed by atoms with Crippen molar-refractivity contribution in [3.05, 3.63) is 101 Å². The van der Waals surface area contributed by atoms with Gasteiger partial charge in [0.2, 0.25) is 0 Å². The molecule has 2 aromatic heterocycles. The Balaban J connectivity index is 1.37. The average molecular weight is 484 g/mol. The van der Waals surface area contributed by atoms with Gasteiger partial charge in [-0.05, 0) is 49.4 Å². The number of alkyl halides is 3. The third kappa shape index (κ3) is 5.52. The van der Waals surface area contributed by atoms with E-state index >= 15 is 0 Å². The number of hydrazine groups is 1. The molecule has 0 saturated heterocycles. The summed E-state index contributed by atoms with van der Waals surface area (Å²) in [5.41, 5.74) is 4.13. The number of ether oxygens (including phenoxy) is 1. The third-order valence-electron chi connectivity index (χ3n) is 4.97. The second kappa shape index (κ2) is 9.75. The number of furan rings is 1. The molecule has 2 heterocycles. The highest BCUT2D eigenvalue weighted by Gasteiger charge is 2.30. The SMILES string of the molecule is Cc1c(C(=O)NNC(=O)c2ccc(COc3ccccc3)o2)cnn1-c1cccc(C(F)(F)F)c1. The highest BCUT2D eigenvalue weighted by molar-refractivity contribution is 5.98. The molecule has 0 aliphatic rings. The summed E-state index contributed by atoms with van der Waals surface area (Å²) < 4.78 is 51.2. The zero-order chi connectivity index (χ0) is 25.0. The molecule has 35 heavy (non-hydrogen) atoms. The van der Waals surface area contributed by atoms with Gasteiger partial charge < -0.3 is 9.15 Å². The summed E-state index contributed by atoms with van der Waals surface area (Å²) in [4.78, 5) is 24.9. The number of carbonyl (C=O) groups excluding carboxylic acids is 2. The van der Waals surface area contributed by atoms with E-state index in [0.29, 0.717) is 11.5 Å². The smallest absolute Gasteiger partial charge is 0.416 e. The van der Waals surface area contributed by atoms with Crippen LogP contribution in [0.1, 0.15) is 37.9 Å². The van der Waals surface area contributed by atoms with E-state index in [1.807, 2.05) is 18.2 Å². The Hall–Kier alpha value is -4.54. The Labute approximate surface area is 197 Å². The van der Waals surface area contributed by atoms with E-state index in [-0.39, 0.29) is 29.3 Å². The lowest BCUT2D eigenvalue weighted by Gasteiger charge is -2.10. The second-order valence-corrected chi connectivity index (χ2v) is 7.38. The summed E-state index contributed by atoms with van der Waals surface area (Å²) in [6.07, 6.45) is -3.32. The zero-order valence-electron chi connectivity index (χ0n) is 18.3. The van der Waals surface area contributed by atoms with E-state index in [1.165, 1.54) is 36.0 Å². The predicted octanol–water partition coefficient (Wildman–Crippen LogP) is 4.45. The van der Waals surface area contributed by atoms with Gasteiger partial charge in [-0.15, -0.1) is 0 Å². The number of halogens is 3. The van der Waals surface area contributed by atoms with Crippen molar-refractivity contribution in [3.8, 4) is 11.4 Å². The van der Waals surface area contributed by atoms with Crippen LogP contribution in [0.5, 0.6) is 5.75 Å². The second-order valence-electron chi connectivity index (χ2n) is 7.38. The van der Waals surface area contributed by atoms with Crippen LogP contribution in [0.3, 0.4) is 0 Å². The molecule has 0 aliphatic heterocycles. The lowest BCUT2D eigenvalue weighted by Crippen LogP contribution is -2.41. The molecule has 8 nitrogen and oxygen atoms in total. The van der Waals surface area contributed by atoms with E-state index in [2.05, 4.69) is 16.0 Å². The van der Waals surface area contributed by atoms with Crippen molar-refractivity contribution in [2.75, 3.05) is 0 Å². The number of hydrogen-bond acceptors (Lipinski definition) is 5. The average Bonchev–Trinajstić information content (AvgIpc) is 3.48. The molecule has 4 rings (SSSR count). The normalized spacial score (nSPS) is 11.2. The number of benzene rings is 2. The van der Waals surface area contributed by atoms with Crippen molar-refractivity contribution >= 4 is 11.8 Å². The van der Waals surface area contributed by atoms with E-state index in [9.17, 15) is 22.8 Å². The molecule has 0 aliphatic carbocycles. The Morgan fingerprint density at radius 2 is 1.74 bits per heavy atom. The van der Waals surface area contributed by atoms with Crippen LogP contribution < -0.4 is 15.6 Å². The van der Waals surface area contributed by atoms with Gasteiger partial charge in [-0.25, -0.2) is 4.68 Å². The third-order valence-corrected chi connectivity index (χ3v) is 4.97. The maximum atomic E-state index is 13.0. The summed E-state index contributed by atoms with van der Waals surface area (Å²) >= 11 is 0. The molecule has 11 heteroatoms. The van der Waals surface area contributed by atoms with Crippen LogP contribution >= 0.6 is 0 Å². The Bertz CT molecular complexity index is 1350. The molecule has 0 atom stereocenters. The van der Waals surface area contributed by atoms with E-state index in [0.717, 1.165) is 12.1 Å². The fourth-order valence-electron chi connectivity index (χ4n) is 3.20. The van der Waals surface area contributed by atoms with Crippen LogP contribution in [0, 0.1) is 6.92 Å². The first kappa shape index (κ1) is 23.6. The highest BCUT2D eigenvalue weighted by Crippen LogP contribution is 2.30. The van der Waals surface area contributed by atoms with Gasteiger partial charge in [-0.2, -0.15) is 18.3 Å². The number of para-hydroxylation sites is 1. The summed E-state index contributed by atoms with van der Waals surface area (Å²) in [5, 5.41) is 4.01. The maximum absolute atomic E-state index is 13.0. The zero-order valence-corrected chi connectivity index (χ0v) is 18.3. The molecule has 180 valence electrons. The molecule has 0 unspecified atom stereocenters. The number of nitrogens with one attached hydrogen (secondary N) is 2. The molecule has 0 fully saturated rings. The number of hydrogen-bond donors (Lipinski definition) is 2. The Kier molecular flexibility index (Phi) is 6.58. The van der Waals surface area contributed by atoms with Gasteiger partial charge in [-0.3, -0.25) is 20.4 Å². The lowest BCUT2D eigenvalue weighted by molar-refractivity contribution is -0.137. The minimum absolute atomic E-state index is 0.0478. The van der Waals surface area contributed by atoms with Crippen LogP contribution in [0.25, 0.3) is 5.69 Å². The first-order chi connectivity index (χ1) is 16.7. The highest BCUT2D eigenvalue weighted by atomic mass is 19.4. The van der Waals surface area contributed by atoms with Crippen molar-refractivity contribution in [2.24, 2.45) is 0 Å². The molecular formula is C24H19F3N4O4. The standard InChI is InChI=1S/C24H19F3N4O4/c1-15-20(13-28-31(15)17-7-5-6-16(12-17)24(25,26)27)22(32)29-30-23(33)21-11-10-19(35-21)14-34-18-8-3-2-4-9-18/h2-13H,14H2,1H3,(H,29,32)(H,30,33). The number of aromatic nitrogens is 2. The number of amides is 2. The molecule has 0 spiro atoms. The molecule has 2 amide bonds. The van der Waals surface area contributed by atoms with Crippen LogP contribution in [-0.2, 0) is 12.8 Å². The van der Waals surface area contributed by atoms with Crippen LogP contribution in [0.2, 0.25) is 0 Å². The summed E-state index contributed by atoms with van der Waals surface area (Å²) in [6.45, 7) is 1.63. The van der Waals surface area contributed by atoms with Gasteiger partial charge in [0.1, 0.15) is 18.1 Å². The van der Waals surface area contributed by atoms with Gasteiger partial charge in [0.05, 0.1) is 28.7 Å². The molecule has 0 saturated carbocycles. The van der Waals surface area contributed by atoms with Crippen LogP contribution in [0.4, 0.5) is 13.2 Å². The van der Waals surface area contributed by atoms with Crippen LogP contribution in [-0.4, -0.2) is 21.6 Å². The Morgan fingerprint density at radius 1 is 1.00 bits per heavy atom. The van der Waals surface area contributed by atoms with Crippen molar-refractivity contribution < 1.29 is 31.9 Å². The van der Waals surface area contributed by atoms with Crippen molar-refractivity contribution in [2.45, 2.75) is 19.7 Å². The van der Waals surface area contributed by atoms with E-state index in [4.69, 9.17) is 9.15 Å². The molecular weight excluding hydrogens is 465 g/mol. The molecule has 0 bridgehead atoms. The molecule has 2 aromatic carbocycles. The maximum Gasteiger partial charge on any atom is 0.416 e. The number of carbonyl (C=O) groups is 2. The quantitative estimate of drug-likeness (QED) is 0.394. The fraction of sp³-hybridized carbons (Fsp3) is 0.125. The van der Waals surface area contributed by atoms with E-state index < -0.39 is 23.6 Å². The topological polar surface area (TPSA) is 98.4 Å². The molecule has 0 radical (unpaired) electrons. The summed E-state index contributed by atoms with van der Waals surface area (Å²) in [5.74, 6) is -0.402. The van der Waals surface area contributed by atoms with Crippen LogP contribution in [0.15, 0.2) is 77.3 Å². The van der Waals surface area contributed by atoms with Crippen molar-refractivity contribution in [1.29, 1.82) is 0 Å². The summed E-state index contributed by atoms with van der Waals surface area (Å²) in [7, 11) is 0. The summed E-state index contributed by atoms with van der Waals surface area (Å²) in [6, 6.07) is 16.6. The molecule has 2 N–H and O–H groups in total. The van der Waals surface area contributed by atoms with Gasteiger partial charge >= 0.3 is 12.1 Å². The van der Waals surface area contributed by atoms with Crippen molar-refractivity contribution in [3.63, 3.8) is 0 Å². The largest absolute Gasteiger partial charge is 0.486 e. The fourth-order valence-corrected chi connectivity index (χ4v) is 3.20. The van der Waals surface area contributed by atoms with Gasteiger partial charge in [0.15, 0.2) is 5.76 Å². The molecule has 4 aromatic rings. The number of nitrogens with zero attached hydrogens (tertiary/aromatic N) is 2.